The number of carbonyl (C=O) groups excluding carboxylic acids is 1. The van der Waals surface area contributed by atoms with Crippen molar-refractivity contribution in [1.82, 2.24) is 15.2 Å². The van der Waals surface area contributed by atoms with E-state index in [2.05, 4.69) is 10.3 Å². The van der Waals surface area contributed by atoms with Crippen LogP contribution in [0.2, 0.25) is 0 Å². The third-order valence-corrected chi connectivity index (χ3v) is 5.60. The first-order valence-corrected chi connectivity index (χ1v) is 9.19. The van der Waals surface area contributed by atoms with Crippen molar-refractivity contribution in [2.45, 2.75) is 38.6 Å². The number of hydrogen-bond acceptors (Lipinski definition) is 4. The lowest BCUT2D eigenvalue weighted by molar-refractivity contribution is 0.0335. The summed E-state index contributed by atoms with van der Waals surface area (Å²) in [4.78, 5) is 18.6. The van der Waals surface area contributed by atoms with Gasteiger partial charge in [-0.1, -0.05) is 0 Å². The van der Waals surface area contributed by atoms with E-state index in [1.165, 1.54) is 12.8 Å². The van der Waals surface area contributed by atoms with Crippen LogP contribution in [-0.2, 0) is 4.74 Å². The second kappa shape index (κ2) is 7.42. The average Bonchev–Trinajstić information content (AvgIpc) is 3.10. The zero-order chi connectivity index (χ0) is 15.4. The van der Waals surface area contributed by atoms with Gasteiger partial charge in [-0.3, -0.25) is 0 Å². The maximum Gasteiger partial charge on any atom is 0.317 e. The summed E-state index contributed by atoms with van der Waals surface area (Å²) in [7, 11) is 0. The molecule has 1 atom stereocenters. The number of nitrogens with zero attached hydrogens (tertiary/aromatic N) is 2. The molecule has 3 heterocycles. The SMILES string of the molecule is C[C@H](NC(=O)N1CCC(C2CCOCC2)CC1)c1cscn1. The molecule has 0 radical (unpaired) electrons. The quantitative estimate of drug-likeness (QED) is 0.930. The number of urea groups is 1. The number of aromatic nitrogens is 1. The van der Waals surface area contributed by atoms with Gasteiger partial charge in [0.05, 0.1) is 17.2 Å². The molecular formula is C16H25N3O2S. The average molecular weight is 323 g/mol. The normalized spacial score (nSPS) is 22.5. The fourth-order valence-corrected chi connectivity index (χ4v) is 4.20. The van der Waals surface area contributed by atoms with Crippen molar-refractivity contribution in [2.24, 2.45) is 11.8 Å². The number of likely N-dealkylation sites (tertiary alicyclic amines) is 1. The molecule has 0 spiro atoms. The van der Waals surface area contributed by atoms with Gasteiger partial charge in [0.1, 0.15) is 0 Å². The first-order valence-electron chi connectivity index (χ1n) is 8.25. The van der Waals surface area contributed by atoms with Crippen molar-refractivity contribution in [2.75, 3.05) is 26.3 Å². The van der Waals surface area contributed by atoms with Gasteiger partial charge in [0.15, 0.2) is 0 Å². The van der Waals surface area contributed by atoms with Crippen LogP contribution in [0.15, 0.2) is 10.9 Å². The molecule has 1 aromatic heterocycles. The van der Waals surface area contributed by atoms with E-state index in [0.29, 0.717) is 0 Å². The van der Waals surface area contributed by atoms with E-state index < -0.39 is 0 Å². The molecule has 0 aliphatic carbocycles. The second-order valence-electron chi connectivity index (χ2n) is 6.36. The zero-order valence-electron chi connectivity index (χ0n) is 13.2. The highest BCUT2D eigenvalue weighted by atomic mass is 32.1. The molecule has 0 aromatic carbocycles. The molecule has 2 fully saturated rings. The molecule has 6 heteroatoms. The first-order chi connectivity index (χ1) is 10.7. The molecule has 22 heavy (non-hydrogen) atoms. The Morgan fingerprint density at radius 2 is 2.00 bits per heavy atom. The number of thiazole rings is 1. The summed E-state index contributed by atoms with van der Waals surface area (Å²) in [5.74, 6) is 1.57. The third-order valence-electron chi connectivity index (χ3n) is 4.99. The summed E-state index contributed by atoms with van der Waals surface area (Å²) in [5.41, 5.74) is 2.74. The van der Waals surface area contributed by atoms with Crippen LogP contribution < -0.4 is 5.32 Å². The number of amides is 2. The topological polar surface area (TPSA) is 54.5 Å². The highest BCUT2D eigenvalue weighted by molar-refractivity contribution is 7.07. The monoisotopic (exact) mass is 323 g/mol. The van der Waals surface area contributed by atoms with Crippen molar-refractivity contribution >= 4 is 17.4 Å². The van der Waals surface area contributed by atoms with Crippen molar-refractivity contribution in [3.63, 3.8) is 0 Å². The second-order valence-corrected chi connectivity index (χ2v) is 7.08. The molecule has 0 unspecified atom stereocenters. The van der Waals surface area contributed by atoms with Crippen molar-refractivity contribution in [3.05, 3.63) is 16.6 Å². The predicted molar refractivity (Wildman–Crippen MR) is 86.9 cm³/mol. The van der Waals surface area contributed by atoms with E-state index in [0.717, 1.165) is 56.7 Å². The molecule has 3 rings (SSSR count). The Hall–Kier alpha value is -1.14. The van der Waals surface area contributed by atoms with Gasteiger partial charge in [-0.2, -0.15) is 0 Å². The van der Waals surface area contributed by atoms with Crippen LogP contribution in [0, 0.1) is 11.8 Å². The van der Waals surface area contributed by atoms with Gasteiger partial charge >= 0.3 is 6.03 Å². The number of piperidine rings is 1. The minimum atomic E-state index is -0.0213. The molecule has 1 N–H and O–H groups in total. The lowest BCUT2D eigenvalue weighted by Crippen LogP contribution is -2.46. The summed E-state index contributed by atoms with van der Waals surface area (Å²) in [6.07, 6.45) is 4.64. The van der Waals surface area contributed by atoms with Gasteiger partial charge < -0.3 is 15.0 Å². The standard InChI is InChI=1S/C16H25N3O2S/c1-12(15-10-22-11-17-15)18-16(20)19-6-2-13(3-7-19)14-4-8-21-9-5-14/h10-14H,2-9H2,1H3,(H,18,20)/t12-/m0/s1. The minimum absolute atomic E-state index is 0.0213. The smallest absolute Gasteiger partial charge is 0.317 e. The predicted octanol–water partition coefficient (Wildman–Crippen LogP) is 3.05. The molecule has 2 amide bonds. The Balaban J connectivity index is 1.45. The van der Waals surface area contributed by atoms with E-state index in [1.54, 1.807) is 16.8 Å². The molecule has 0 bridgehead atoms. The minimum Gasteiger partial charge on any atom is -0.381 e. The molecule has 1 aromatic rings. The molecule has 2 saturated heterocycles. The van der Waals surface area contributed by atoms with Crippen molar-refractivity contribution in [1.29, 1.82) is 0 Å². The lowest BCUT2D eigenvalue weighted by Gasteiger charge is -2.37. The van der Waals surface area contributed by atoms with Crippen molar-refractivity contribution in [3.8, 4) is 0 Å². The fourth-order valence-electron chi connectivity index (χ4n) is 3.55. The summed E-state index contributed by atoms with van der Waals surface area (Å²) in [6.45, 7) is 5.56. The molecule has 2 aliphatic heterocycles. The van der Waals surface area contributed by atoms with E-state index in [1.807, 2.05) is 17.2 Å². The zero-order valence-corrected chi connectivity index (χ0v) is 14.0. The highest BCUT2D eigenvalue weighted by Crippen LogP contribution is 2.31. The summed E-state index contributed by atoms with van der Waals surface area (Å²) < 4.78 is 5.45. The Bertz CT molecular complexity index is 466. The van der Waals surface area contributed by atoms with Gasteiger partial charge in [-0.15, -0.1) is 11.3 Å². The maximum absolute atomic E-state index is 12.4. The van der Waals surface area contributed by atoms with Crippen LogP contribution in [0.1, 0.15) is 44.3 Å². The largest absolute Gasteiger partial charge is 0.381 e. The Kier molecular flexibility index (Phi) is 5.31. The molecular weight excluding hydrogens is 298 g/mol. The third kappa shape index (κ3) is 3.79. The molecule has 5 nitrogen and oxygen atoms in total. The van der Waals surface area contributed by atoms with Gasteiger partial charge in [-0.05, 0) is 44.4 Å². The molecule has 122 valence electrons. The number of rotatable bonds is 3. The van der Waals surface area contributed by atoms with E-state index in [4.69, 9.17) is 4.74 Å². The van der Waals surface area contributed by atoms with Gasteiger partial charge in [-0.25, -0.2) is 9.78 Å². The molecule has 0 saturated carbocycles. The van der Waals surface area contributed by atoms with E-state index >= 15 is 0 Å². The summed E-state index contributed by atoms with van der Waals surface area (Å²) in [6, 6.07) is 0.0258. The van der Waals surface area contributed by atoms with Crippen LogP contribution in [0.4, 0.5) is 4.79 Å². The van der Waals surface area contributed by atoms with Gasteiger partial charge in [0.25, 0.3) is 0 Å². The summed E-state index contributed by atoms with van der Waals surface area (Å²) >= 11 is 1.56. The number of hydrogen-bond donors (Lipinski definition) is 1. The van der Waals surface area contributed by atoms with Crippen LogP contribution in [-0.4, -0.2) is 42.2 Å². The highest BCUT2D eigenvalue weighted by Gasteiger charge is 2.29. The lowest BCUT2D eigenvalue weighted by atomic mass is 9.80. The van der Waals surface area contributed by atoms with Crippen molar-refractivity contribution < 1.29 is 9.53 Å². The number of ether oxygens (including phenoxy) is 1. The number of nitrogens with one attached hydrogen (secondary N) is 1. The molecule has 2 aliphatic rings. The first kappa shape index (κ1) is 15.7. The van der Waals surface area contributed by atoms with Crippen LogP contribution in [0.5, 0.6) is 0 Å². The Morgan fingerprint density at radius 1 is 1.32 bits per heavy atom. The van der Waals surface area contributed by atoms with Gasteiger partial charge in [0.2, 0.25) is 0 Å². The van der Waals surface area contributed by atoms with Crippen LogP contribution in [0.25, 0.3) is 0 Å². The van der Waals surface area contributed by atoms with Crippen LogP contribution in [0.3, 0.4) is 0 Å². The van der Waals surface area contributed by atoms with Crippen LogP contribution >= 0.6 is 11.3 Å². The Labute approximate surface area is 136 Å². The summed E-state index contributed by atoms with van der Waals surface area (Å²) in [5, 5.41) is 5.05. The Morgan fingerprint density at radius 3 is 2.64 bits per heavy atom. The van der Waals surface area contributed by atoms with E-state index in [9.17, 15) is 4.79 Å². The fraction of sp³-hybridized carbons (Fsp3) is 0.750. The maximum atomic E-state index is 12.4. The van der Waals surface area contributed by atoms with Gasteiger partial charge in [0, 0.05) is 31.7 Å². The van der Waals surface area contributed by atoms with E-state index in [-0.39, 0.29) is 12.1 Å². The number of carbonyl (C=O) groups is 1.